The van der Waals surface area contributed by atoms with Crippen molar-refractivity contribution in [3.05, 3.63) is 36.3 Å². The summed E-state index contributed by atoms with van der Waals surface area (Å²) >= 11 is 0. The fraction of sp³-hybridized carbons (Fsp3) is 0.389. The number of aromatic carboxylic acids is 1. The van der Waals surface area contributed by atoms with Crippen molar-refractivity contribution in [1.82, 2.24) is 9.97 Å². The number of benzene rings is 1. The Morgan fingerprint density at radius 3 is 2.19 bits per heavy atom. The van der Waals surface area contributed by atoms with Crippen LogP contribution in [0.15, 0.2) is 30.6 Å². The van der Waals surface area contributed by atoms with Gasteiger partial charge >= 0.3 is 5.97 Å². The largest absolute Gasteiger partial charge is 0.497 e. The Balaban J connectivity index is 1.73. The zero-order valence-corrected chi connectivity index (χ0v) is 14.9. The van der Waals surface area contributed by atoms with Crippen molar-refractivity contribution in [3.63, 3.8) is 0 Å². The van der Waals surface area contributed by atoms with Gasteiger partial charge in [0.25, 0.3) is 0 Å². The Kier molecular flexibility index (Phi) is 5.40. The third-order valence-electron chi connectivity index (χ3n) is 4.38. The number of anilines is 2. The monoisotopic (exact) mass is 358 g/mol. The summed E-state index contributed by atoms with van der Waals surface area (Å²) in [4.78, 5) is 23.5. The lowest BCUT2D eigenvalue weighted by Gasteiger charge is -2.24. The molecule has 1 aromatic carbocycles. The van der Waals surface area contributed by atoms with Crippen molar-refractivity contribution in [2.24, 2.45) is 0 Å². The van der Waals surface area contributed by atoms with Crippen molar-refractivity contribution in [2.45, 2.75) is 6.42 Å². The molecule has 0 unspecified atom stereocenters. The lowest BCUT2D eigenvalue weighted by molar-refractivity contribution is 0.0690. The fourth-order valence-corrected chi connectivity index (χ4v) is 2.97. The highest BCUT2D eigenvalue weighted by Gasteiger charge is 2.18. The molecule has 1 saturated heterocycles. The van der Waals surface area contributed by atoms with Gasteiger partial charge in [0.2, 0.25) is 0 Å². The third kappa shape index (κ3) is 3.96. The van der Waals surface area contributed by atoms with E-state index in [0.29, 0.717) is 5.82 Å². The second-order valence-corrected chi connectivity index (χ2v) is 5.96. The van der Waals surface area contributed by atoms with E-state index in [2.05, 4.69) is 19.8 Å². The van der Waals surface area contributed by atoms with Crippen molar-refractivity contribution < 1.29 is 19.4 Å². The number of carbonyl (C=O) groups is 1. The molecule has 8 heteroatoms. The van der Waals surface area contributed by atoms with Crippen LogP contribution in [0.3, 0.4) is 0 Å². The maximum absolute atomic E-state index is 10.9. The van der Waals surface area contributed by atoms with Crippen LogP contribution in [0.1, 0.15) is 16.9 Å². The molecule has 1 aliphatic heterocycles. The molecule has 3 rings (SSSR count). The Morgan fingerprint density at radius 1 is 0.962 bits per heavy atom. The highest BCUT2D eigenvalue weighted by Crippen LogP contribution is 2.29. The second-order valence-electron chi connectivity index (χ2n) is 5.96. The van der Waals surface area contributed by atoms with Crippen LogP contribution in [-0.4, -0.2) is 61.4 Å². The van der Waals surface area contributed by atoms with Gasteiger partial charge in [0, 0.05) is 50.1 Å². The number of aromatic nitrogens is 2. The lowest BCUT2D eigenvalue weighted by atomic mass is 10.2. The van der Waals surface area contributed by atoms with Crippen LogP contribution in [0, 0.1) is 0 Å². The zero-order valence-electron chi connectivity index (χ0n) is 14.9. The van der Waals surface area contributed by atoms with Gasteiger partial charge in [0.1, 0.15) is 17.3 Å². The number of nitrogens with zero attached hydrogens (tertiary/aromatic N) is 4. The first kappa shape index (κ1) is 17.8. The molecule has 26 heavy (non-hydrogen) atoms. The second kappa shape index (κ2) is 7.90. The maximum Gasteiger partial charge on any atom is 0.356 e. The Labute approximate surface area is 152 Å². The topological polar surface area (TPSA) is 88.0 Å². The molecule has 0 amide bonds. The van der Waals surface area contributed by atoms with Gasteiger partial charge in [0.15, 0.2) is 5.69 Å². The SMILES string of the molecule is COc1cc(OC)cc(N2CCCN(c3cnc(C(=O)O)cn3)CC2)c1. The van der Waals surface area contributed by atoms with Gasteiger partial charge < -0.3 is 24.4 Å². The van der Waals surface area contributed by atoms with Gasteiger partial charge in [-0.2, -0.15) is 0 Å². The highest BCUT2D eigenvalue weighted by molar-refractivity contribution is 5.84. The normalized spacial score (nSPS) is 14.7. The summed E-state index contributed by atoms with van der Waals surface area (Å²) in [7, 11) is 3.28. The average molecular weight is 358 g/mol. The fourth-order valence-electron chi connectivity index (χ4n) is 2.97. The van der Waals surface area contributed by atoms with Crippen LogP contribution in [0.4, 0.5) is 11.5 Å². The van der Waals surface area contributed by atoms with E-state index in [9.17, 15) is 4.79 Å². The molecule has 1 aliphatic rings. The summed E-state index contributed by atoms with van der Waals surface area (Å²) in [5, 5.41) is 8.93. The van der Waals surface area contributed by atoms with Crippen LogP contribution in [0.2, 0.25) is 0 Å². The number of carboxylic acid groups (broad SMARTS) is 1. The maximum atomic E-state index is 10.9. The number of methoxy groups -OCH3 is 2. The number of carboxylic acids is 1. The van der Waals surface area contributed by atoms with Gasteiger partial charge in [-0.25, -0.2) is 14.8 Å². The minimum absolute atomic E-state index is 0.0475. The smallest absolute Gasteiger partial charge is 0.356 e. The number of hydrogen-bond donors (Lipinski definition) is 1. The van der Waals surface area contributed by atoms with Gasteiger partial charge in [0.05, 0.1) is 26.6 Å². The summed E-state index contributed by atoms with van der Waals surface area (Å²) in [6.07, 6.45) is 3.77. The van der Waals surface area contributed by atoms with Crippen LogP contribution in [-0.2, 0) is 0 Å². The van der Waals surface area contributed by atoms with Crippen LogP contribution in [0.5, 0.6) is 11.5 Å². The summed E-state index contributed by atoms with van der Waals surface area (Å²) in [6, 6.07) is 5.85. The lowest BCUT2D eigenvalue weighted by Crippen LogP contribution is -2.31. The van der Waals surface area contributed by atoms with E-state index in [4.69, 9.17) is 14.6 Å². The molecule has 0 radical (unpaired) electrons. The molecule has 0 spiro atoms. The van der Waals surface area contributed by atoms with E-state index in [1.807, 2.05) is 18.2 Å². The summed E-state index contributed by atoms with van der Waals surface area (Å²) in [6.45, 7) is 3.30. The van der Waals surface area contributed by atoms with E-state index in [-0.39, 0.29) is 5.69 Å². The molecule has 0 atom stereocenters. The molecule has 2 heterocycles. The molecule has 0 bridgehead atoms. The van der Waals surface area contributed by atoms with E-state index in [1.165, 1.54) is 12.4 Å². The predicted octanol–water partition coefficient (Wildman–Crippen LogP) is 1.91. The highest BCUT2D eigenvalue weighted by atomic mass is 16.5. The van der Waals surface area contributed by atoms with Crippen LogP contribution in [0.25, 0.3) is 0 Å². The van der Waals surface area contributed by atoms with Crippen LogP contribution >= 0.6 is 0 Å². The molecule has 2 aromatic rings. The van der Waals surface area contributed by atoms with Crippen molar-refractivity contribution in [2.75, 3.05) is 50.2 Å². The molecule has 1 N–H and O–H groups in total. The summed E-state index contributed by atoms with van der Waals surface area (Å²) < 4.78 is 10.7. The van der Waals surface area contributed by atoms with E-state index < -0.39 is 5.97 Å². The van der Waals surface area contributed by atoms with Gasteiger partial charge in [-0.3, -0.25) is 0 Å². The minimum atomic E-state index is -1.07. The van der Waals surface area contributed by atoms with E-state index >= 15 is 0 Å². The van der Waals surface area contributed by atoms with Crippen molar-refractivity contribution >= 4 is 17.5 Å². The standard InChI is InChI=1S/C18H22N4O4/c1-25-14-8-13(9-15(10-14)26-2)21-4-3-5-22(7-6-21)17-12-19-16(11-20-17)18(23)24/h8-12H,3-7H2,1-2H3,(H,23,24). The predicted molar refractivity (Wildman–Crippen MR) is 97.6 cm³/mol. The van der Waals surface area contributed by atoms with E-state index in [1.54, 1.807) is 14.2 Å². The van der Waals surface area contributed by atoms with E-state index in [0.717, 1.165) is 49.8 Å². The third-order valence-corrected chi connectivity index (χ3v) is 4.38. The number of hydrogen-bond acceptors (Lipinski definition) is 7. The van der Waals surface area contributed by atoms with Gasteiger partial charge in [-0.05, 0) is 6.42 Å². The molecule has 0 saturated carbocycles. The molecular formula is C18H22N4O4. The average Bonchev–Trinajstić information content (AvgIpc) is 2.94. The summed E-state index contributed by atoms with van der Waals surface area (Å²) in [5.74, 6) is 1.14. The molecule has 8 nitrogen and oxygen atoms in total. The summed E-state index contributed by atoms with van der Waals surface area (Å²) in [5.41, 5.74) is 1.00. The molecule has 1 fully saturated rings. The Bertz CT molecular complexity index is 744. The quantitative estimate of drug-likeness (QED) is 0.867. The zero-order chi connectivity index (χ0) is 18.5. The minimum Gasteiger partial charge on any atom is -0.497 e. The first-order valence-electron chi connectivity index (χ1n) is 8.39. The molecular weight excluding hydrogens is 336 g/mol. The van der Waals surface area contributed by atoms with Crippen molar-refractivity contribution in [1.29, 1.82) is 0 Å². The first-order chi connectivity index (χ1) is 12.6. The van der Waals surface area contributed by atoms with Crippen molar-refractivity contribution in [3.8, 4) is 11.5 Å². The van der Waals surface area contributed by atoms with Gasteiger partial charge in [-0.1, -0.05) is 0 Å². The molecule has 0 aliphatic carbocycles. The number of rotatable bonds is 5. The number of ether oxygens (including phenoxy) is 2. The van der Waals surface area contributed by atoms with Gasteiger partial charge in [-0.15, -0.1) is 0 Å². The Hall–Kier alpha value is -3.03. The molecule has 1 aromatic heterocycles. The Morgan fingerprint density at radius 2 is 1.62 bits per heavy atom. The van der Waals surface area contributed by atoms with Crippen LogP contribution < -0.4 is 19.3 Å². The molecule has 138 valence electrons. The first-order valence-corrected chi connectivity index (χ1v) is 8.39.